The Morgan fingerprint density at radius 2 is 2.00 bits per heavy atom. The van der Waals surface area contributed by atoms with Crippen LogP contribution >= 0.6 is 0 Å². The minimum Gasteiger partial charge on any atom is -0.344 e. The van der Waals surface area contributed by atoms with Gasteiger partial charge in [0.25, 0.3) is 0 Å². The van der Waals surface area contributed by atoms with Crippen molar-refractivity contribution in [2.24, 2.45) is 11.8 Å². The van der Waals surface area contributed by atoms with Crippen LogP contribution < -0.4 is 0 Å². The van der Waals surface area contributed by atoms with E-state index in [2.05, 4.69) is 23.9 Å². The fraction of sp³-hybridized carbons (Fsp3) is 0.550. The van der Waals surface area contributed by atoms with Gasteiger partial charge in [0, 0.05) is 57.7 Å². The van der Waals surface area contributed by atoms with Gasteiger partial charge in [0.1, 0.15) is 4.90 Å². The Balaban J connectivity index is 1.88. The fourth-order valence-electron chi connectivity index (χ4n) is 3.60. The van der Waals surface area contributed by atoms with Gasteiger partial charge >= 0.3 is 0 Å². The normalized spacial score (nSPS) is 19.0. The number of hydrogen-bond donors (Lipinski definition) is 0. The van der Waals surface area contributed by atoms with Crippen molar-refractivity contribution < 1.29 is 13.2 Å². The summed E-state index contributed by atoms with van der Waals surface area (Å²) in [6.45, 7) is 7.24. The summed E-state index contributed by atoms with van der Waals surface area (Å²) >= 11 is 0. The van der Waals surface area contributed by atoms with E-state index in [4.69, 9.17) is 0 Å². The smallest absolute Gasteiger partial charge is 0.246 e. The summed E-state index contributed by atoms with van der Waals surface area (Å²) < 4.78 is 29.9. The number of sulfonamides is 1. The second-order valence-corrected chi connectivity index (χ2v) is 9.95. The lowest BCUT2D eigenvalue weighted by atomic mass is 10.0. The van der Waals surface area contributed by atoms with Crippen LogP contribution in [-0.4, -0.2) is 65.0 Å². The SMILES string of the molecule is Cc1nn(CC(C)C)cc1S(=O)(=O)N1CCN(C)C(=O)C(Cc2ccccn2)C1. The van der Waals surface area contributed by atoms with E-state index in [1.165, 1.54) is 4.31 Å². The highest BCUT2D eigenvalue weighted by Crippen LogP contribution is 2.24. The molecule has 0 aromatic carbocycles. The van der Waals surface area contributed by atoms with Gasteiger partial charge in [-0.1, -0.05) is 19.9 Å². The maximum Gasteiger partial charge on any atom is 0.246 e. The molecule has 3 heterocycles. The minimum absolute atomic E-state index is 0.0550. The molecule has 1 amide bonds. The molecule has 9 heteroatoms. The Labute approximate surface area is 172 Å². The van der Waals surface area contributed by atoms with Crippen LogP contribution in [-0.2, 0) is 27.8 Å². The number of nitrogens with zero attached hydrogens (tertiary/aromatic N) is 5. The van der Waals surface area contributed by atoms with Gasteiger partial charge < -0.3 is 4.90 Å². The van der Waals surface area contributed by atoms with Crippen molar-refractivity contribution in [3.63, 3.8) is 0 Å². The van der Waals surface area contributed by atoms with Crippen molar-refractivity contribution in [1.29, 1.82) is 0 Å². The van der Waals surface area contributed by atoms with E-state index in [-0.39, 0.29) is 23.9 Å². The second-order valence-electron chi connectivity index (χ2n) is 8.04. The fourth-order valence-corrected chi connectivity index (χ4v) is 5.25. The summed E-state index contributed by atoms with van der Waals surface area (Å²) in [5.41, 5.74) is 1.26. The Kier molecular flexibility index (Phi) is 6.38. The zero-order valence-electron chi connectivity index (χ0n) is 17.4. The summed E-state index contributed by atoms with van der Waals surface area (Å²) in [7, 11) is -2.03. The van der Waals surface area contributed by atoms with Crippen LogP contribution in [0.1, 0.15) is 25.2 Å². The highest BCUT2D eigenvalue weighted by molar-refractivity contribution is 7.89. The molecular weight excluding hydrogens is 390 g/mol. The van der Waals surface area contributed by atoms with Crippen LogP contribution in [0, 0.1) is 18.8 Å². The predicted molar refractivity (Wildman–Crippen MR) is 110 cm³/mol. The molecule has 2 aromatic heterocycles. The van der Waals surface area contributed by atoms with Crippen molar-refractivity contribution >= 4 is 15.9 Å². The minimum atomic E-state index is -3.75. The molecule has 0 radical (unpaired) electrons. The Hall–Kier alpha value is -2.26. The zero-order valence-corrected chi connectivity index (χ0v) is 18.3. The molecule has 1 unspecified atom stereocenters. The molecule has 1 aliphatic rings. The van der Waals surface area contributed by atoms with E-state index in [9.17, 15) is 13.2 Å². The Morgan fingerprint density at radius 3 is 2.66 bits per heavy atom. The van der Waals surface area contributed by atoms with E-state index in [0.29, 0.717) is 31.1 Å². The second kappa shape index (κ2) is 8.62. The van der Waals surface area contributed by atoms with Gasteiger partial charge in [-0.25, -0.2) is 8.42 Å². The standard InChI is InChI=1S/C20H29N5O3S/c1-15(2)12-24-14-19(16(3)22-24)29(27,28)25-10-9-23(4)20(26)17(13-25)11-18-7-5-6-8-21-18/h5-8,14-15,17H,9-13H2,1-4H3. The highest BCUT2D eigenvalue weighted by atomic mass is 32.2. The maximum absolute atomic E-state index is 13.4. The summed E-state index contributed by atoms with van der Waals surface area (Å²) in [4.78, 5) is 18.9. The average Bonchev–Trinajstić information content (AvgIpc) is 2.97. The van der Waals surface area contributed by atoms with Crippen LogP contribution in [0.15, 0.2) is 35.5 Å². The first kappa shape index (κ1) is 21.4. The lowest BCUT2D eigenvalue weighted by molar-refractivity contribution is -0.133. The number of hydrogen-bond acceptors (Lipinski definition) is 5. The number of aromatic nitrogens is 3. The molecule has 1 fully saturated rings. The summed E-state index contributed by atoms with van der Waals surface area (Å²) in [6.07, 6.45) is 3.69. The molecule has 0 aliphatic carbocycles. The summed E-state index contributed by atoms with van der Waals surface area (Å²) in [5, 5.41) is 4.38. The van der Waals surface area contributed by atoms with E-state index in [0.717, 1.165) is 5.69 Å². The quantitative estimate of drug-likeness (QED) is 0.709. The van der Waals surface area contributed by atoms with Crippen LogP contribution in [0.5, 0.6) is 0 Å². The Morgan fingerprint density at radius 1 is 1.24 bits per heavy atom. The molecular formula is C20H29N5O3S. The molecule has 0 saturated carbocycles. The van der Waals surface area contributed by atoms with Crippen LogP contribution in [0.3, 0.4) is 0 Å². The topological polar surface area (TPSA) is 88.4 Å². The van der Waals surface area contributed by atoms with E-state index in [1.807, 2.05) is 18.2 Å². The lowest BCUT2D eigenvalue weighted by Crippen LogP contribution is -2.37. The number of amides is 1. The predicted octanol–water partition coefficient (Wildman–Crippen LogP) is 1.56. The van der Waals surface area contributed by atoms with Gasteiger partial charge in [-0.15, -0.1) is 0 Å². The average molecular weight is 420 g/mol. The van der Waals surface area contributed by atoms with Gasteiger partial charge in [-0.05, 0) is 25.0 Å². The molecule has 0 bridgehead atoms. The molecule has 29 heavy (non-hydrogen) atoms. The number of aryl methyl sites for hydroxylation is 1. The molecule has 3 rings (SSSR count). The first-order valence-electron chi connectivity index (χ1n) is 9.87. The van der Waals surface area contributed by atoms with Crippen molar-refractivity contribution in [1.82, 2.24) is 24.0 Å². The van der Waals surface area contributed by atoms with Gasteiger partial charge in [0.05, 0.1) is 11.6 Å². The zero-order chi connectivity index (χ0) is 21.2. The molecule has 0 spiro atoms. The molecule has 158 valence electrons. The van der Waals surface area contributed by atoms with Crippen LogP contribution in [0.2, 0.25) is 0 Å². The van der Waals surface area contributed by atoms with E-state index >= 15 is 0 Å². The molecule has 0 N–H and O–H groups in total. The first-order chi connectivity index (χ1) is 13.7. The number of likely N-dealkylation sites (N-methyl/N-ethyl adjacent to an activating group) is 1. The summed E-state index contributed by atoms with van der Waals surface area (Å²) in [5.74, 6) is -0.171. The van der Waals surface area contributed by atoms with Crippen LogP contribution in [0.25, 0.3) is 0 Å². The van der Waals surface area contributed by atoms with Gasteiger partial charge in [0.15, 0.2) is 0 Å². The summed E-state index contributed by atoms with van der Waals surface area (Å²) in [6, 6.07) is 5.55. The third-order valence-electron chi connectivity index (χ3n) is 5.09. The lowest BCUT2D eigenvalue weighted by Gasteiger charge is -2.22. The third-order valence-corrected chi connectivity index (χ3v) is 7.06. The van der Waals surface area contributed by atoms with Crippen molar-refractivity contribution in [2.75, 3.05) is 26.7 Å². The molecule has 1 aliphatic heterocycles. The maximum atomic E-state index is 13.4. The first-order valence-corrected chi connectivity index (χ1v) is 11.3. The van der Waals surface area contributed by atoms with Gasteiger partial charge in [-0.3, -0.25) is 14.5 Å². The van der Waals surface area contributed by atoms with Gasteiger partial charge in [-0.2, -0.15) is 9.40 Å². The molecule has 1 atom stereocenters. The van der Waals surface area contributed by atoms with E-state index in [1.54, 1.807) is 35.9 Å². The molecule has 1 saturated heterocycles. The number of pyridine rings is 1. The van der Waals surface area contributed by atoms with Crippen LogP contribution in [0.4, 0.5) is 0 Å². The monoisotopic (exact) mass is 419 g/mol. The van der Waals surface area contributed by atoms with Crippen molar-refractivity contribution in [3.8, 4) is 0 Å². The van der Waals surface area contributed by atoms with Crippen molar-refractivity contribution in [3.05, 3.63) is 42.0 Å². The van der Waals surface area contributed by atoms with E-state index < -0.39 is 15.9 Å². The number of carbonyl (C=O) groups is 1. The molecule has 8 nitrogen and oxygen atoms in total. The largest absolute Gasteiger partial charge is 0.344 e. The van der Waals surface area contributed by atoms with Crippen molar-refractivity contribution in [2.45, 2.75) is 38.6 Å². The number of rotatable bonds is 6. The molecule has 2 aromatic rings. The number of carbonyl (C=O) groups excluding carboxylic acids is 1. The third kappa shape index (κ3) is 4.84. The van der Waals surface area contributed by atoms with Gasteiger partial charge in [0.2, 0.25) is 15.9 Å². The Bertz CT molecular complexity index is 956. The highest BCUT2D eigenvalue weighted by Gasteiger charge is 2.36.